The average Bonchev–Trinajstić information content (AvgIpc) is 3.30. The molecule has 172 valence electrons. The van der Waals surface area contributed by atoms with Crippen LogP contribution in [0.25, 0.3) is 28.2 Å². The van der Waals surface area contributed by atoms with Gasteiger partial charge in [0.15, 0.2) is 0 Å². The summed E-state index contributed by atoms with van der Waals surface area (Å²) < 4.78 is 47.7. The summed E-state index contributed by atoms with van der Waals surface area (Å²) in [7, 11) is 1.66. The van der Waals surface area contributed by atoms with E-state index in [2.05, 4.69) is 43.8 Å². The summed E-state index contributed by atoms with van der Waals surface area (Å²) >= 11 is 2.23. The van der Waals surface area contributed by atoms with Crippen LogP contribution in [0.3, 0.4) is 0 Å². The number of aromatic nitrogens is 5. The fourth-order valence-corrected chi connectivity index (χ4v) is 4.73. The number of aryl methyl sites for hydroxylation is 1. The number of ether oxygens (including phenoxy) is 1. The molecule has 0 saturated carbocycles. The number of hydrogen-bond donors (Lipinski definition) is 0. The van der Waals surface area contributed by atoms with Gasteiger partial charge in [-0.05, 0) is 48.0 Å². The van der Waals surface area contributed by atoms with Crippen molar-refractivity contribution >= 4 is 51.3 Å². The lowest BCUT2D eigenvalue weighted by atomic mass is 10.1. The van der Waals surface area contributed by atoms with Crippen LogP contribution >= 0.6 is 28.4 Å². The van der Waals surface area contributed by atoms with Crippen LogP contribution in [-0.2, 0) is 11.8 Å². The first kappa shape index (κ1) is 24.4. The number of fused-ring (bicyclic) bond motifs is 1. The summed E-state index contributed by atoms with van der Waals surface area (Å²) in [5.41, 5.74) is 2.73. The normalized spacial score (nSPS) is 13.1. The van der Waals surface area contributed by atoms with E-state index in [1.807, 2.05) is 10.5 Å². The van der Waals surface area contributed by atoms with Crippen molar-refractivity contribution in [2.75, 3.05) is 13.1 Å². The number of amides is 1. The van der Waals surface area contributed by atoms with Crippen LogP contribution in [0.1, 0.15) is 19.5 Å². The summed E-state index contributed by atoms with van der Waals surface area (Å²) in [5, 5.41) is 9.58. The Morgan fingerprint density at radius 2 is 2.16 bits per heavy atom. The molecule has 3 aromatic heterocycles. The van der Waals surface area contributed by atoms with Gasteiger partial charge in [-0.15, -0.1) is 0 Å². The standard InChI is InChI=1S/C19H21F3IN6O2P/c1-5-14-12-7-15(24-9-16(12)29(26-14)32-23)13-8-25-27(4)17(13)31-11(3)10-28(6-2)18(30)19(20,21)22/h5,7-9,11,32H,1,6,10H2,2-4H3. The van der Waals surface area contributed by atoms with Crippen molar-refractivity contribution in [1.29, 1.82) is 0 Å². The molecule has 32 heavy (non-hydrogen) atoms. The summed E-state index contributed by atoms with van der Waals surface area (Å²) in [6.45, 7) is 6.58. The van der Waals surface area contributed by atoms with Crippen molar-refractivity contribution in [3.05, 3.63) is 30.7 Å². The van der Waals surface area contributed by atoms with E-state index in [4.69, 9.17) is 4.74 Å². The molecule has 3 heterocycles. The first-order chi connectivity index (χ1) is 15.1. The third-order valence-electron chi connectivity index (χ3n) is 4.73. The lowest BCUT2D eigenvalue weighted by Gasteiger charge is -2.26. The zero-order valence-electron chi connectivity index (χ0n) is 17.5. The van der Waals surface area contributed by atoms with Gasteiger partial charge in [-0.1, -0.05) is 6.58 Å². The molecule has 2 atom stereocenters. The van der Waals surface area contributed by atoms with E-state index in [0.717, 1.165) is 16.6 Å². The Morgan fingerprint density at radius 1 is 1.44 bits per heavy atom. The molecule has 0 aromatic carbocycles. The second kappa shape index (κ2) is 9.74. The molecule has 2 unspecified atom stereocenters. The van der Waals surface area contributed by atoms with Gasteiger partial charge in [0.05, 0.1) is 47.8 Å². The van der Waals surface area contributed by atoms with Gasteiger partial charge < -0.3 is 9.64 Å². The van der Waals surface area contributed by atoms with E-state index in [1.54, 1.807) is 32.4 Å². The van der Waals surface area contributed by atoms with Crippen molar-refractivity contribution in [1.82, 2.24) is 29.2 Å². The molecule has 0 bridgehead atoms. The number of rotatable bonds is 8. The predicted octanol–water partition coefficient (Wildman–Crippen LogP) is 4.44. The minimum atomic E-state index is -4.93. The Kier molecular flexibility index (Phi) is 7.43. The second-order valence-electron chi connectivity index (χ2n) is 6.93. The monoisotopic (exact) mass is 580 g/mol. The number of alkyl halides is 3. The molecule has 0 radical (unpaired) electrons. The highest BCUT2D eigenvalue weighted by Crippen LogP contribution is 2.35. The number of pyridine rings is 1. The van der Waals surface area contributed by atoms with Crippen LogP contribution in [0.4, 0.5) is 13.2 Å². The first-order valence-corrected chi connectivity index (χ1v) is 13.6. The number of nitrogens with zero attached hydrogens (tertiary/aromatic N) is 6. The van der Waals surface area contributed by atoms with Crippen LogP contribution in [0.2, 0.25) is 0 Å². The van der Waals surface area contributed by atoms with Crippen molar-refractivity contribution in [3.63, 3.8) is 0 Å². The van der Waals surface area contributed by atoms with Gasteiger partial charge in [-0.3, -0.25) is 9.78 Å². The van der Waals surface area contributed by atoms with Crippen LogP contribution in [0.5, 0.6) is 5.88 Å². The Bertz CT molecular complexity index is 1150. The molecule has 13 heteroatoms. The molecule has 0 saturated heterocycles. The summed E-state index contributed by atoms with van der Waals surface area (Å²) in [6.07, 6.45) is -0.307. The Labute approximate surface area is 197 Å². The molecule has 0 fully saturated rings. The second-order valence-corrected chi connectivity index (χ2v) is 8.97. The number of halogens is 4. The summed E-state index contributed by atoms with van der Waals surface area (Å²) in [5.74, 6) is -1.55. The highest BCUT2D eigenvalue weighted by Gasteiger charge is 2.42. The maximum absolute atomic E-state index is 12.8. The molecule has 0 aliphatic rings. The topological polar surface area (TPSA) is 78.1 Å². The van der Waals surface area contributed by atoms with Gasteiger partial charge in [0.2, 0.25) is 5.88 Å². The highest BCUT2D eigenvalue weighted by atomic mass is 127. The minimum absolute atomic E-state index is 0.0890. The van der Waals surface area contributed by atoms with Gasteiger partial charge >= 0.3 is 12.1 Å². The quantitative estimate of drug-likeness (QED) is 0.291. The first-order valence-electron chi connectivity index (χ1n) is 9.53. The van der Waals surface area contributed by atoms with E-state index >= 15 is 0 Å². The summed E-state index contributed by atoms with van der Waals surface area (Å²) in [4.78, 5) is 16.8. The van der Waals surface area contributed by atoms with Crippen molar-refractivity contribution in [3.8, 4) is 17.1 Å². The summed E-state index contributed by atoms with van der Waals surface area (Å²) in [6, 6.07) is 1.85. The Morgan fingerprint density at radius 3 is 2.75 bits per heavy atom. The number of carbonyl (C=O) groups is 1. The zero-order valence-corrected chi connectivity index (χ0v) is 20.7. The molecule has 0 aliphatic carbocycles. The molecule has 1 amide bonds. The van der Waals surface area contributed by atoms with Crippen LogP contribution < -0.4 is 4.74 Å². The molecule has 0 N–H and O–H groups in total. The third kappa shape index (κ3) is 4.90. The fraction of sp³-hybridized carbons (Fsp3) is 0.368. The van der Waals surface area contributed by atoms with Gasteiger partial charge in [0.25, 0.3) is 0 Å². The van der Waals surface area contributed by atoms with Crippen LogP contribution in [-0.4, -0.2) is 60.5 Å². The van der Waals surface area contributed by atoms with E-state index < -0.39 is 18.2 Å². The van der Waals surface area contributed by atoms with Crippen molar-refractivity contribution < 1.29 is 22.7 Å². The van der Waals surface area contributed by atoms with Crippen LogP contribution in [0.15, 0.2) is 25.0 Å². The highest BCUT2D eigenvalue weighted by molar-refractivity contribution is 14.2. The number of carbonyl (C=O) groups excluding carboxylic acids is 1. The lowest BCUT2D eigenvalue weighted by molar-refractivity contribution is -0.186. The number of likely N-dealkylation sites (N-methyl/N-ethyl adjacent to an activating group) is 1. The maximum atomic E-state index is 12.8. The van der Waals surface area contributed by atoms with E-state index in [-0.39, 0.29) is 13.1 Å². The molecular formula is C19H21F3IN6O2P. The molecule has 3 rings (SSSR count). The lowest BCUT2D eigenvalue weighted by Crippen LogP contribution is -2.45. The molecule has 3 aromatic rings. The van der Waals surface area contributed by atoms with E-state index in [1.165, 1.54) is 11.6 Å². The average molecular weight is 580 g/mol. The van der Waals surface area contributed by atoms with Crippen molar-refractivity contribution in [2.24, 2.45) is 7.05 Å². The minimum Gasteiger partial charge on any atom is -0.472 e. The van der Waals surface area contributed by atoms with Gasteiger partial charge in [0.1, 0.15) is 6.10 Å². The molecular weight excluding hydrogens is 559 g/mol. The van der Waals surface area contributed by atoms with E-state index in [0.29, 0.717) is 28.4 Å². The van der Waals surface area contributed by atoms with Gasteiger partial charge in [0, 0.05) is 19.0 Å². The van der Waals surface area contributed by atoms with Gasteiger partial charge in [-0.25, -0.2) is 9.13 Å². The van der Waals surface area contributed by atoms with E-state index in [9.17, 15) is 18.0 Å². The largest absolute Gasteiger partial charge is 0.472 e. The molecule has 0 spiro atoms. The fourth-order valence-electron chi connectivity index (χ4n) is 3.21. The zero-order chi connectivity index (χ0) is 23.6. The SMILES string of the molecule is C=Cc1nn(PI)c2cnc(-c3cnn(C)c3OC(C)CN(CC)C(=O)C(F)(F)F)cc12. The van der Waals surface area contributed by atoms with Crippen molar-refractivity contribution in [2.45, 2.75) is 26.1 Å². The van der Waals surface area contributed by atoms with Gasteiger partial charge in [-0.2, -0.15) is 23.4 Å². The predicted molar refractivity (Wildman–Crippen MR) is 126 cm³/mol. The van der Waals surface area contributed by atoms with Crippen LogP contribution in [0, 0.1) is 0 Å². The third-order valence-corrected chi connectivity index (χ3v) is 6.60. The maximum Gasteiger partial charge on any atom is 0.471 e. The Balaban J connectivity index is 1.90. The molecule has 8 nitrogen and oxygen atoms in total. The Hall–Kier alpha value is -2.21. The molecule has 0 aliphatic heterocycles. The smallest absolute Gasteiger partial charge is 0.471 e. The number of hydrogen-bond acceptors (Lipinski definition) is 5.